The summed E-state index contributed by atoms with van der Waals surface area (Å²) in [7, 11) is 1.39. The first kappa shape index (κ1) is 23.2. The van der Waals surface area contributed by atoms with Crippen molar-refractivity contribution in [3.05, 3.63) is 88.4 Å². The molecule has 172 valence electrons. The van der Waals surface area contributed by atoms with Crippen LogP contribution in [0.25, 0.3) is 0 Å². The lowest BCUT2D eigenvalue weighted by Gasteiger charge is -2.24. The van der Waals surface area contributed by atoms with E-state index in [0.29, 0.717) is 39.9 Å². The van der Waals surface area contributed by atoms with Gasteiger partial charge in [0.1, 0.15) is 11.5 Å². The number of carbonyl (C=O) groups excluding carboxylic acids is 1. The number of hydrogen-bond donors (Lipinski definition) is 3. The third-order valence-electron chi connectivity index (χ3n) is 5.28. The van der Waals surface area contributed by atoms with Crippen molar-refractivity contribution in [2.24, 2.45) is 0 Å². The van der Waals surface area contributed by atoms with Crippen molar-refractivity contribution in [1.82, 2.24) is 5.32 Å². The van der Waals surface area contributed by atoms with E-state index < -0.39 is 6.29 Å². The number of rotatable bonds is 7. The zero-order chi connectivity index (χ0) is 23.2. The predicted octanol–water partition coefficient (Wildman–Crippen LogP) is 4.68. The van der Waals surface area contributed by atoms with Gasteiger partial charge in [-0.25, -0.2) is 0 Å². The minimum atomic E-state index is -1.10. The van der Waals surface area contributed by atoms with Gasteiger partial charge in [0.25, 0.3) is 5.91 Å². The molecule has 1 aliphatic rings. The summed E-state index contributed by atoms with van der Waals surface area (Å²) in [5.41, 5.74) is 2.74. The van der Waals surface area contributed by atoms with E-state index in [1.165, 1.54) is 7.11 Å². The first-order chi connectivity index (χ1) is 16.0. The summed E-state index contributed by atoms with van der Waals surface area (Å²) in [5, 5.41) is 16.3. The Labute approximate surface area is 197 Å². The highest BCUT2D eigenvalue weighted by Gasteiger charge is 2.16. The van der Waals surface area contributed by atoms with Crippen molar-refractivity contribution >= 4 is 23.2 Å². The Hall–Kier alpha value is -2.94. The number of aliphatic hydroxyl groups is 1. The number of hydrogen-bond acceptors (Lipinski definition) is 6. The van der Waals surface area contributed by atoms with Gasteiger partial charge in [-0.1, -0.05) is 23.7 Å². The van der Waals surface area contributed by atoms with E-state index in [2.05, 4.69) is 10.6 Å². The van der Waals surface area contributed by atoms with Crippen molar-refractivity contribution in [2.75, 3.05) is 32.1 Å². The minimum absolute atomic E-state index is 0.0344. The van der Waals surface area contributed by atoms with Gasteiger partial charge in [-0.3, -0.25) is 4.79 Å². The quantitative estimate of drug-likeness (QED) is 0.436. The fraction of sp³-hybridized carbons (Fsp3) is 0.240. The Kier molecular flexibility index (Phi) is 7.59. The summed E-state index contributed by atoms with van der Waals surface area (Å²) in [6, 6.07) is 19.4. The second kappa shape index (κ2) is 10.8. The third kappa shape index (κ3) is 5.90. The van der Waals surface area contributed by atoms with E-state index in [9.17, 15) is 9.90 Å². The van der Waals surface area contributed by atoms with Crippen LogP contribution in [0.2, 0.25) is 5.02 Å². The monoisotopic (exact) mass is 468 g/mol. The molecule has 33 heavy (non-hydrogen) atoms. The average molecular weight is 469 g/mol. The van der Waals surface area contributed by atoms with E-state index in [4.69, 9.17) is 25.8 Å². The van der Waals surface area contributed by atoms with Crippen molar-refractivity contribution < 1.29 is 24.1 Å². The highest BCUT2D eigenvalue weighted by molar-refractivity contribution is 6.31. The first-order valence-electron chi connectivity index (χ1n) is 10.6. The molecule has 0 radical (unpaired) electrons. The Morgan fingerprint density at radius 3 is 2.48 bits per heavy atom. The maximum atomic E-state index is 12.6. The van der Waals surface area contributed by atoms with Crippen LogP contribution in [0, 0.1) is 0 Å². The van der Waals surface area contributed by atoms with Crippen LogP contribution >= 0.6 is 11.6 Å². The summed E-state index contributed by atoms with van der Waals surface area (Å²) >= 11 is 6.18. The summed E-state index contributed by atoms with van der Waals surface area (Å²) in [4.78, 5) is 12.6. The zero-order valence-corrected chi connectivity index (χ0v) is 18.8. The van der Waals surface area contributed by atoms with Gasteiger partial charge in [-0.15, -0.1) is 0 Å². The summed E-state index contributed by atoms with van der Waals surface area (Å²) in [6.07, 6.45) is -1.06. The second-order valence-electron chi connectivity index (χ2n) is 7.54. The van der Waals surface area contributed by atoms with Gasteiger partial charge in [-0.2, -0.15) is 0 Å². The summed E-state index contributed by atoms with van der Waals surface area (Å²) in [6.45, 7) is 2.34. The fourth-order valence-electron chi connectivity index (χ4n) is 3.47. The molecule has 1 aliphatic heterocycles. The molecule has 3 aromatic rings. The van der Waals surface area contributed by atoms with Gasteiger partial charge in [0.05, 0.1) is 17.7 Å². The molecule has 0 spiro atoms. The summed E-state index contributed by atoms with van der Waals surface area (Å²) in [5.74, 6) is 0.834. The van der Waals surface area contributed by atoms with Crippen LogP contribution in [0.4, 0.5) is 5.69 Å². The molecular weight excluding hydrogens is 444 g/mol. The first-order valence-corrected chi connectivity index (χ1v) is 10.9. The van der Waals surface area contributed by atoms with Crippen LogP contribution in [0.3, 0.4) is 0 Å². The van der Waals surface area contributed by atoms with Crippen molar-refractivity contribution in [3.8, 4) is 11.5 Å². The molecule has 2 atom stereocenters. The van der Waals surface area contributed by atoms with E-state index >= 15 is 0 Å². The van der Waals surface area contributed by atoms with Gasteiger partial charge >= 0.3 is 0 Å². The smallest absolute Gasteiger partial charge is 0.255 e. The molecule has 4 rings (SSSR count). The standard InChI is InChI=1S/C25H25ClN2O5/c1-31-25(30)21-11-10-20(14-22(21)26)33-19-8-4-17(5-9-19)24(29)28-18-6-2-16(3-7-18)23-15-27-12-13-32-23/h2-11,14,23,25,27,30H,12-13,15H2,1H3,(H,28,29). The number of halogens is 1. The molecule has 0 saturated carbocycles. The van der Waals surface area contributed by atoms with Crippen molar-refractivity contribution in [2.45, 2.75) is 12.4 Å². The fourth-order valence-corrected chi connectivity index (χ4v) is 3.74. The molecule has 8 heteroatoms. The van der Waals surface area contributed by atoms with Crippen LogP contribution in [0.15, 0.2) is 66.7 Å². The molecule has 1 amide bonds. The Morgan fingerprint density at radius 2 is 1.85 bits per heavy atom. The van der Waals surface area contributed by atoms with Crippen LogP contribution in [0.5, 0.6) is 11.5 Å². The lowest BCUT2D eigenvalue weighted by molar-refractivity contribution is -0.0768. The molecule has 1 saturated heterocycles. The number of carbonyl (C=O) groups is 1. The second-order valence-corrected chi connectivity index (χ2v) is 7.94. The van der Waals surface area contributed by atoms with Gasteiger partial charge in [0, 0.05) is 37.0 Å². The maximum absolute atomic E-state index is 12.6. The molecule has 2 unspecified atom stereocenters. The number of ether oxygens (including phenoxy) is 3. The molecule has 3 aromatic carbocycles. The number of aliphatic hydroxyl groups excluding tert-OH is 1. The Balaban J connectivity index is 1.36. The summed E-state index contributed by atoms with van der Waals surface area (Å²) < 4.78 is 16.4. The number of nitrogens with one attached hydrogen (secondary N) is 2. The molecule has 1 heterocycles. The van der Waals surface area contributed by atoms with Crippen LogP contribution < -0.4 is 15.4 Å². The highest BCUT2D eigenvalue weighted by atomic mass is 35.5. The Morgan fingerprint density at radius 1 is 1.12 bits per heavy atom. The van der Waals surface area contributed by atoms with Crippen LogP contribution in [-0.4, -0.2) is 37.8 Å². The lowest BCUT2D eigenvalue weighted by Crippen LogP contribution is -2.33. The van der Waals surface area contributed by atoms with E-state index in [0.717, 1.165) is 18.7 Å². The molecule has 0 aromatic heterocycles. The Bertz CT molecular complexity index is 1080. The van der Waals surface area contributed by atoms with E-state index in [1.54, 1.807) is 42.5 Å². The third-order valence-corrected chi connectivity index (χ3v) is 5.61. The van der Waals surface area contributed by atoms with Gasteiger partial charge in [-0.05, 0) is 60.2 Å². The van der Waals surface area contributed by atoms with Gasteiger partial charge in [0.2, 0.25) is 0 Å². The number of methoxy groups -OCH3 is 1. The van der Waals surface area contributed by atoms with Crippen molar-refractivity contribution in [3.63, 3.8) is 0 Å². The number of anilines is 1. The van der Waals surface area contributed by atoms with Crippen molar-refractivity contribution in [1.29, 1.82) is 0 Å². The van der Waals surface area contributed by atoms with Gasteiger partial charge in [0.15, 0.2) is 6.29 Å². The largest absolute Gasteiger partial charge is 0.457 e. The normalized spacial score (nSPS) is 16.8. The minimum Gasteiger partial charge on any atom is -0.457 e. The molecule has 0 bridgehead atoms. The number of benzene rings is 3. The maximum Gasteiger partial charge on any atom is 0.255 e. The lowest BCUT2D eigenvalue weighted by atomic mass is 10.1. The van der Waals surface area contributed by atoms with Crippen LogP contribution in [-0.2, 0) is 9.47 Å². The van der Waals surface area contributed by atoms with E-state index in [-0.39, 0.29) is 12.0 Å². The molecular formula is C25H25ClN2O5. The number of morpholine rings is 1. The molecule has 7 nitrogen and oxygen atoms in total. The number of amides is 1. The SMILES string of the molecule is COC(O)c1ccc(Oc2ccc(C(=O)Nc3ccc(C4CNCCO4)cc3)cc2)cc1Cl. The topological polar surface area (TPSA) is 89.0 Å². The van der Waals surface area contributed by atoms with Crippen LogP contribution in [0.1, 0.15) is 33.9 Å². The highest BCUT2D eigenvalue weighted by Crippen LogP contribution is 2.30. The average Bonchev–Trinajstić information content (AvgIpc) is 2.85. The zero-order valence-electron chi connectivity index (χ0n) is 18.1. The molecule has 1 fully saturated rings. The predicted molar refractivity (Wildman–Crippen MR) is 126 cm³/mol. The van der Waals surface area contributed by atoms with E-state index in [1.807, 2.05) is 24.3 Å². The molecule has 3 N–H and O–H groups in total. The van der Waals surface area contributed by atoms with Gasteiger partial charge < -0.3 is 30.0 Å². The molecule has 0 aliphatic carbocycles.